The first-order valence-corrected chi connectivity index (χ1v) is 12.1. The maximum Gasteiger partial charge on any atom is 0.326 e. The Kier molecular flexibility index (Phi) is 14.9. The van der Waals surface area contributed by atoms with Crippen LogP contribution in [0.1, 0.15) is 52.9 Å². The van der Waals surface area contributed by atoms with Gasteiger partial charge in [0.15, 0.2) is 0 Å². The van der Waals surface area contributed by atoms with E-state index < -0.39 is 47.9 Å². The molecule has 0 aliphatic rings. The van der Waals surface area contributed by atoms with E-state index >= 15 is 0 Å². The van der Waals surface area contributed by atoms with E-state index in [9.17, 15) is 24.3 Å². The van der Waals surface area contributed by atoms with Crippen LogP contribution in [0, 0.1) is 5.92 Å². The summed E-state index contributed by atoms with van der Waals surface area (Å²) >= 11 is 1.50. The molecule has 0 aliphatic heterocycles. The summed E-state index contributed by atoms with van der Waals surface area (Å²) in [4.78, 5) is 49.3. The summed E-state index contributed by atoms with van der Waals surface area (Å²) in [5.74, 6) is -2.26. The van der Waals surface area contributed by atoms with Crippen molar-refractivity contribution in [3.63, 3.8) is 0 Å². The second-order valence-corrected chi connectivity index (χ2v) is 8.67. The molecule has 31 heavy (non-hydrogen) atoms. The number of carboxylic acid groups (broad SMARTS) is 1. The lowest BCUT2D eigenvalue weighted by molar-refractivity contribution is -0.142. The van der Waals surface area contributed by atoms with E-state index in [1.165, 1.54) is 18.7 Å². The summed E-state index contributed by atoms with van der Waals surface area (Å²) in [6, 6.07) is -3.61. The van der Waals surface area contributed by atoms with E-state index in [0.717, 1.165) is 0 Å². The molecule has 0 bridgehead atoms. The number of hydrogen-bond donors (Lipinski definition) is 6. The van der Waals surface area contributed by atoms with Gasteiger partial charge in [-0.2, -0.15) is 11.8 Å². The first-order valence-electron chi connectivity index (χ1n) is 10.7. The minimum absolute atomic E-state index is 0.185. The molecule has 0 fully saturated rings. The molecule has 0 aromatic carbocycles. The average molecular weight is 462 g/mol. The molecule has 0 saturated carbocycles. The molecule has 180 valence electrons. The molecule has 0 heterocycles. The highest BCUT2D eigenvalue weighted by Crippen LogP contribution is 2.10. The predicted octanol–water partition coefficient (Wildman–Crippen LogP) is -0.199. The van der Waals surface area contributed by atoms with Crippen molar-refractivity contribution in [1.82, 2.24) is 16.0 Å². The molecule has 11 heteroatoms. The van der Waals surface area contributed by atoms with Crippen LogP contribution < -0.4 is 27.4 Å². The van der Waals surface area contributed by atoms with Crippen LogP contribution in [0.2, 0.25) is 0 Å². The van der Waals surface area contributed by atoms with Crippen LogP contribution in [0.25, 0.3) is 0 Å². The number of thioether (sulfide) groups is 1. The SMILES string of the molecule is CCC(C)C(NC(=O)C(C)N)C(=O)NC(CCSC)C(=O)NC(CCCCN)C(=O)O. The van der Waals surface area contributed by atoms with Crippen molar-refractivity contribution in [3.8, 4) is 0 Å². The summed E-state index contributed by atoms with van der Waals surface area (Å²) in [6.45, 7) is 5.67. The molecule has 5 unspecified atom stereocenters. The highest BCUT2D eigenvalue weighted by molar-refractivity contribution is 7.98. The highest BCUT2D eigenvalue weighted by atomic mass is 32.2. The number of nitrogens with two attached hydrogens (primary N) is 2. The number of carbonyl (C=O) groups excluding carboxylic acids is 3. The molecular weight excluding hydrogens is 422 g/mol. The number of nitrogens with one attached hydrogen (secondary N) is 3. The van der Waals surface area contributed by atoms with Gasteiger partial charge in [-0.25, -0.2) is 4.79 Å². The monoisotopic (exact) mass is 461 g/mol. The van der Waals surface area contributed by atoms with E-state index in [2.05, 4.69) is 16.0 Å². The number of aliphatic carboxylic acids is 1. The number of carbonyl (C=O) groups is 4. The van der Waals surface area contributed by atoms with Gasteiger partial charge in [0.05, 0.1) is 6.04 Å². The van der Waals surface area contributed by atoms with E-state index in [0.29, 0.717) is 38.0 Å². The number of hydrogen-bond acceptors (Lipinski definition) is 7. The van der Waals surface area contributed by atoms with Crippen molar-refractivity contribution in [2.24, 2.45) is 17.4 Å². The first kappa shape index (κ1) is 29.1. The van der Waals surface area contributed by atoms with Gasteiger partial charge in [0.2, 0.25) is 17.7 Å². The summed E-state index contributed by atoms with van der Waals surface area (Å²) in [7, 11) is 0. The molecule has 0 aromatic heterocycles. The maximum absolute atomic E-state index is 12.9. The standard InChI is InChI=1S/C20H39N5O5S/c1-5-12(2)16(25-17(26)13(3)22)19(28)23-14(9-11-31-4)18(27)24-15(20(29)30)8-6-7-10-21/h12-16H,5-11,21-22H2,1-4H3,(H,23,28)(H,24,27)(H,25,26)(H,29,30). The molecule has 0 saturated heterocycles. The molecule has 3 amide bonds. The number of rotatable bonds is 16. The van der Waals surface area contributed by atoms with Crippen molar-refractivity contribution in [1.29, 1.82) is 0 Å². The van der Waals surface area contributed by atoms with Gasteiger partial charge >= 0.3 is 5.97 Å². The summed E-state index contributed by atoms with van der Waals surface area (Å²) in [5.41, 5.74) is 11.0. The minimum atomic E-state index is -1.14. The Bertz CT molecular complexity index is 590. The fourth-order valence-corrected chi connectivity index (χ4v) is 3.25. The Labute approximate surface area is 189 Å². The second-order valence-electron chi connectivity index (χ2n) is 7.69. The lowest BCUT2D eigenvalue weighted by atomic mass is 9.97. The highest BCUT2D eigenvalue weighted by Gasteiger charge is 2.31. The summed E-state index contributed by atoms with van der Waals surface area (Å²) in [6.07, 6.45) is 4.29. The normalized spacial score (nSPS) is 15.8. The third-order valence-electron chi connectivity index (χ3n) is 5.01. The van der Waals surface area contributed by atoms with E-state index in [1.54, 1.807) is 0 Å². The van der Waals surface area contributed by atoms with Crippen LogP contribution >= 0.6 is 11.8 Å². The van der Waals surface area contributed by atoms with Crippen LogP contribution in [0.3, 0.4) is 0 Å². The van der Waals surface area contributed by atoms with Gasteiger partial charge in [-0.1, -0.05) is 20.3 Å². The quantitative estimate of drug-likeness (QED) is 0.171. The molecule has 0 radical (unpaired) electrons. The second kappa shape index (κ2) is 15.9. The van der Waals surface area contributed by atoms with Crippen molar-refractivity contribution < 1.29 is 24.3 Å². The fourth-order valence-electron chi connectivity index (χ4n) is 2.78. The molecule has 10 nitrogen and oxygen atoms in total. The van der Waals surface area contributed by atoms with Crippen LogP contribution in [0.4, 0.5) is 0 Å². The van der Waals surface area contributed by atoms with Crippen LogP contribution in [-0.4, -0.2) is 71.5 Å². The Morgan fingerprint density at radius 2 is 1.55 bits per heavy atom. The Morgan fingerprint density at radius 1 is 0.935 bits per heavy atom. The number of carboxylic acids is 1. The van der Waals surface area contributed by atoms with Crippen molar-refractivity contribution in [2.75, 3.05) is 18.6 Å². The molecule has 5 atom stereocenters. The Balaban J connectivity index is 5.36. The molecule has 0 aliphatic carbocycles. The zero-order valence-corrected chi connectivity index (χ0v) is 19.8. The van der Waals surface area contributed by atoms with Crippen molar-refractivity contribution in [3.05, 3.63) is 0 Å². The van der Waals surface area contributed by atoms with Gasteiger partial charge in [-0.3, -0.25) is 14.4 Å². The minimum Gasteiger partial charge on any atom is -0.480 e. The number of amides is 3. The van der Waals surface area contributed by atoms with E-state index in [1.807, 2.05) is 20.1 Å². The van der Waals surface area contributed by atoms with Gasteiger partial charge in [0.1, 0.15) is 18.1 Å². The Morgan fingerprint density at radius 3 is 2.03 bits per heavy atom. The van der Waals surface area contributed by atoms with Gasteiger partial charge in [-0.05, 0) is 57.1 Å². The lowest BCUT2D eigenvalue weighted by Gasteiger charge is -2.27. The lowest BCUT2D eigenvalue weighted by Crippen LogP contribution is -2.58. The van der Waals surface area contributed by atoms with Gasteiger partial charge in [0, 0.05) is 0 Å². The van der Waals surface area contributed by atoms with Crippen LogP contribution in [0.15, 0.2) is 0 Å². The van der Waals surface area contributed by atoms with Gasteiger partial charge < -0.3 is 32.5 Å². The first-order chi connectivity index (χ1) is 14.6. The largest absolute Gasteiger partial charge is 0.480 e. The Hall–Kier alpha value is -1.85. The fraction of sp³-hybridized carbons (Fsp3) is 0.800. The third kappa shape index (κ3) is 11.4. The van der Waals surface area contributed by atoms with E-state index in [4.69, 9.17) is 11.5 Å². The number of unbranched alkanes of at least 4 members (excludes halogenated alkanes) is 1. The summed E-state index contributed by atoms with van der Waals surface area (Å²) < 4.78 is 0. The summed E-state index contributed by atoms with van der Waals surface area (Å²) in [5, 5.41) is 17.3. The van der Waals surface area contributed by atoms with Gasteiger partial charge in [0.25, 0.3) is 0 Å². The molecule has 0 rings (SSSR count). The molecule has 8 N–H and O–H groups in total. The van der Waals surface area contributed by atoms with Crippen molar-refractivity contribution >= 4 is 35.5 Å². The smallest absolute Gasteiger partial charge is 0.326 e. The van der Waals surface area contributed by atoms with Crippen LogP contribution in [-0.2, 0) is 19.2 Å². The third-order valence-corrected chi connectivity index (χ3v) is 5.66. The zero-order valence-electron chi connectivity index (χ0n) is 19.0. The van der Waals surface area contributed by atoms with E-state index in [-0.39, 0.29) is 12.3 Å². The topological polar surface area (TPSA) is 177 Å². The zero-order chi connectivity index (χ0) is 24.0. The van der Waals surface area contributed by atoms with Crippen LogP contribution in [0.5, 0.6) is 0 Å². The molecule has 0 aromatic rings. The predicted molar refractivity (Wildman–Crippen MR) is 122 cm³/mol. The van der Waals surface area contributed by atoms with Crippen molar-refractivity contribution in [2.45, 2.75) is 77.0 Å². The average Bonchev–Trinajstić information content (AvgIpc) is 2.72. The van der Waals surface area contributed by atoms with Gasteiger partial charge in [-0.15, -0.1) is 0 Å². The molecular formula is C20H39N5O5S. The maximum atomic E-state index is 12.9. The molecule has 0 spiro atoms.